The van der Waals surface area contributed by atoms with Crippen molar-refractivity contribution in [1.82, 2.24) is 14.8 Å². The molecular formula is C14H21ClN4O2. The van der Waals surface area contributed by atoms with E-state index in [0.717, 1.165) is 12.8 Å². The second-order valence-corrected chi connectivity index (χ2v) is 5.76. The highest BCUT2D eigenvalue weighted by Crippen LogP contribution is 2.20. The Kier molecular flexibility index (Phi) is 5.25. The minimum absolute atomic E-state index is 0.0251. The molecule has 6 nitrogen and oxygen atoms in total. The topological polar surface area (TPSA) is 80.4 Å². The van der Waals surface area contributed by atoms with Gasteiger partial charge in [0, 0.05) is 39.4 Å². The first kappa shape index (κ1) is 15.9. The molecule has 116 valence electrons. The second kappa shape index (κ2) is 6.95. The Morgan fingerprint density at radius 2 is 2.29 bits per heavy atom. The van der Waals surface area contributed by atoms with Gasteiger partial charge in [0.15, 0.2) is 0 Å². The van der Waals surface area contributed by atoms with Gasteiger partial charge in [-0.05, 0) is 18.9 Å². The molecule has 0 spiro atoms. The van der Waals surface area contributed by atoms with E-state index in [1.807, 2.05) is 0 Å². The summed E-state index contributed by atoms with van der Waals surface area (Å²) < 4.78 is 1.71. The van der Waals surface area contributed by atoms with Crippen molar-refractivity contribution in [3.8, 4) is 0 Å². The summed E-state index contributed by atoms with van der Waals surface area (Å²) in [6, 6.07) is 1.65. The summed E-state index contributed by atoms with van der Waals surface area (Å²) in [5, 5.41) is 3.33. The fourth-order valence-corrected chi connectivity index (χ4v) is 2.86. The van der Waals surface area contributed by atoms with Gasteiger partial charge in [-0.15, -0.1) is 0 Å². The third-order valence-corrected chi connectivity index (χ3v) is 3.92. The van der Waals surface area contributed by atoms with Crippen LogP contribution in [0.4, 0.5) is 0 Å². The van der Waals surface area contributed by atoms with Crippen molar-refractivity contribution in [2.75, 3.05) is 26.2 Å². The highest BCUT2D eigenvalue weighted by atomic mass is 35.5. The number of carbonyl (C=O) groups excluding carboxylic acids is 2. The molecule has 1 unspecified atom stereocenters. The standard InChI is InChI=1S/C14H21ClN4O2/c1-18-9-11(15)7-12(18)14(21)19-6-2-3-10(8-19)13(20)17-5-4-16/h7,9-10H,2-6,8,16H2,1H3,(H,17,20). The van der Waals surface area contributed by atoms with Crippen molar-refractivity contribution in [2.45, 2.75) is 12.8 Å². The van der Waals surface area contributed by atoms with E-state index in [9.17, 15) is 9.59 Å². The first-order chi connectivity index (χ1) is 10.0. The van der Waals surface area contributed by atoms with E-state index in [0.29, 0.717) is 36.9 Å². The van der Waals surface area contributed by atoms with Crippen molar-refractivity contribution < 1.29 is 9.59 Å². The molecule has 1 aromatic heterocycles. The van der Waals surface area contributed by atoms with Crippen LogP contribution in [0.2, 0.25) is 5.02 Å². The van der Waals surface area contributed by atoms with Gasteiger partial charge in [0.05, 0.1) is 10.9 Å². The Balaban J connectivity index is 2.02. The lowest BCUT2D eigenvalue weighted by molar-refractivity contribution is -0.126. The van der Waals surface area contributed by atoms with Crippen LogP contribution in [0, 0.1) is 5.92 Å². The number of aryl methyl sites for hydroxylation is 1. The zero-order valence-electron chi connectivity index (χ0n) is 12.1. The number of rotatable bonds is 4. The first-order valence-electron chi connectivity index (χ1n) is 7.12. The molecule has 1 atom stereocenters. The first-order valence-corrected chi connectivity index (χ1v) is 7.49. The molecule has 21 heavy (non-hydrogen) atoms. The zero-order valence-corrected chi connectivity index (χ0v) is 12.9. The minimum atomic E-state index is -0.162. The van der Waals surface area contributed by atoms with E-state index in [1.54, 1.807) is 28.8 Å². The van der Waals surface area contributed by atoms with Crippen molar-refractivity contribution in [3.63, 3.8) is 0 Å². The smallest absolute Gasteiger partial charge is 0.270 e. The lowest BCUT2D eigenvalue weighted by Gasteiger charge is -2.32. The number of carbonyl (C=O) groups is 2. The summed E-state index contributed by atoms with van der Waals surface area (Å²) in [7, 11) is 1.79. The summed E-state index contributed by atoms with van der Waals surface area (Å²) in [5.74, 6) is -0.270. The molecule has 1 fully saturated rings. The molecule has 3 N–H and O–H groups in total. The predicted molar refractivity (Wildman–Crippen MR) is 81.1 cm³/mol. The zero-order chi connectivity index (χ0) is 15.4. The number of hydrogen-bond acceptors (Lipinski definition) is 3. The number of hydrogen-bond donors (Lipinski definition) is 2. The average molecular weight is 313 g/mol. The molecule has 0 aliphatic carbocycles. The van der Waals surface area contributed by atoms with Crippen LogP contribution in [-0.4, -0.2) is 47.5 Å². The monoisotopic (exact) mass is 312 g/mol. The van der Waals surface area contributed by atoms with Gasteiger partial charge < -0.3 is 20.5 Å². The van der Waals surface area contributed by atoms with Crippen LogP contribution in [0.5, 0.6) is 0 Å². The molecule has 1 aromatic rings. The fraction of sp³-hybridized carbons (Fsp3) is 0.571. The van der Waals surface area contributed by atoms with E-state index in [4.69, 9.17) is 17.3 Å². The van der Waals surface area contributed by atoms with Crippen LogP contribution in [0.1, 0.15) is 23.3 Å². The number of nitrogens with one attached hydrogen (secondary N) is 1. The van der Waals surface area contributed by atoms with Crippen molar-refractivity contribution in [1.29, 1.82) is 0 Å². The Hall–Kier alpha value is -1.53. The number of halogens is 1. The summed E-state index contributed by atoms with van der Waals surface area (Å²) in [4.78, 5) is 26.2. The van der Waals surface area contributed by atoms with Gasteiger partial charge in [-0.3, -0.25) is 9.59 Å². The molecule has 1 aliphatic rings. The van der Waals surface area contributed by atoms with Gasteiger partial charge in [0.1, 0.15) is 5.69 Å². The van der Waals surface area contributed by atoms with Crippen LogP contribution >= 0.6 is 11.6 Å². The lowest BCUT2D eigenvalue weighted by Crippen LogP contribution is -2.46. The molecule has 2 rings (SSSR count). The molecule has 1 saturated heterocycles. The quantitative estimate of drug-likeness (QED) is 0.854. The number of aromatic nitrogens is 1. The van der Waals surface area contributed by atoms with Gasteiger partial charge in [-0.1, -0.05) is 11.6 Å². The van der Waals surface area contributed by atoms with E-state index in [2.05, 4.69) is 5.32 Å². The van der Waals surface area contributed by atoms with Crippen molar-refractivity contribution in [3.05, 3.63) is 23.0 Å². The van der Waals surface area contributed by atoms with Crippen LogP contribution in [0.25, 0.3) is 0 Å². The van der Waals surface area contributed by atoms with E-state index in [-0.39, 0.29) is 17.7 Å². The second-order valence-electron chi connectivity index (χ2n) is 5.32. The highest BCUT2D eigenvalue weighted by molar-refractivity contribution is 6.31. The van der Waals surface area contributed by atoms with Crippen molar-refractivity contribution >= 4 is 23.4 Å². The van der Waals surface area contributed by atoms with Gasteiger partial charge in [-0.2, -0.15) is 0 Å². The molecule has 1 aliphatic heterocycles. The number of piperidine rings is 1. The molecule has 0 aromatic carbocycles. The highest BCUT2D eigenvalue weighted by Gasteiger charge is 2.29. The van der Waals surface area contributed by atoms with Gasteiger partial charge in [-0.25, -0.2) is 0 Å². The van der Waals surface area contributed by atoms with Crippen LogP contribution < -0.4 is 11.1 Å². The molecular weight excluding hydrogens is 292 g/mol. The Labute approximate surface area is 129 Å². The normalized spacial score (nSPS) is 18.6. The van der Waals surface area contributed by atoms with Gasteiger partial charge >= 0.3 is 0 Å². The summed E-state index contributed by atoms with van der Waals surface area (Å²) in [5.41, 5.74) is 5.93. The third kappa shape index (κ3) is 3.77. The number of nitrogens with two attached hydrogens (primary N) is 1. The minimum Gasteiger partial charge on any atom is -0.355 e. The number of nitrogens with zero attached hydrogens (tertiary/aromatic N) is 2. The van der Waals surface area contributed by atoms with E-state index < -0.39 is 0 Å². The molecule has 0 saturated carbocycles. The van der Waals surface area contributed by atoms with Crippen molar-refractivity contribution in [2.24, 2.45) is 18.7 Å². The Morgan fingerprint density at radius 1 is 1.52 bits per heavy atom. The predicted octanol–water partition coefficient (Wildman–Crippen LogP) is 0.606. The largest absolute Gasteiger partial charge is 0.355 e. The third-order valence-electron chi connectivity index (χ3n) is 3.71. The molecule has 7 heteroatoms. The lowest BCUT2D eigenvalue weighted by atomic mass is 9.97. The molecule has 2 amide bonds. The molecule has 2 heterocycles. The van der Waals surface area contributed by atoms with Crippen LogP contribution in [0.15, 0.2) is 12.3 Å². The molecule has 0 radical (unpaired) electrons. The summed E-state index contributed by atoms with van der Waals surface area (Å²) in [6.07, 6.45) is 3.32. The Morgan fingerprint density at radius 3 is 2.90 bits per heavy atom. The number of likely N-dealkylation sites (tertiary alicyclic amines) is 1. The fourth-order valence-electron chi connectivity index (χ4n) is 2.61. The van der Waals surface area contributed by atoms with E-state index in [1.165, 1.54) is 0 Å². The maximum absolute atomic E-state index is 12.5. The van der Waals surface area contributed by atoms with E-state index >= 15 is 0 Å². The van der Waals surface area contributed by atoms with Gasteiger partial charge in [0.25, 0.3) is 5.91 Å². The average Bonchev–Trinajstić information content (AvgIpc) is 2.82. The maximum atomic E-state index is 12.5. The number of amides is 2. The summed E-state index contributed by atoms with van der Waals surface area (Å²) in [6.45, 7) is 2.00. The molecule has 0 bridgehead atoms. The van der Waals surface area contributed by atoms with Crippen LogP contribution in [0.3, 0.4) is 0 Å². The Bertz CT molecular complexity index is 529. The summed E-state index contributed by atoms with van der Waals surface area (Å²) >= 11 is 5.92. The maximum Gasteiger partial charge on any atom is 0.270 e. The SMILES string of the molecule is Cn1cc(Cl)cc1C(=O)N1CCCC(C(=O)NCCN)C1. The van der Waals surface area contributed by atoms with Gasteiger partial charge in [0.2, 0.25) is 5.91 Å². The van der Waals surface area contributed by atoms with Crippen LogP contribution in [-0.2, 0) is 11.8 Å².